The van der Waals surface area contributed by atoms with Crippen molar-refractivity contribution >= 4 is 11.8 Å². The highest BCUT2D eigenvalue weighted by Gasteiger charge is 2.43. The molecular formula is C26H31N5O2. The Morgan fingerprint density at radius 3 is 2.30 bits per heavy atom. The number of rotatable bonds is 6. The lowest BCUT2D eigenvalue weighted by atomic mass is 9.84. The zero-order valence-electron chi connectivity index (χ0n) is 19.4. The van der Waals surface area contributed by atoms with Crippen molar-refractivity contribution in [2.75, 3.05) is 13.1 Å². The number of piperazine rings is 1. The number of amides is 2. The fourth-order valence-corrected chi connectivity index (χ4v) is 4.40. The molecule has 3 aromatic rings. The molecule has 0 aliphatic carbocycles. The molecule has 1 aliphatic rings. The van der Waals surface area contributed by atoms with Gasteiger partial charge >= 0.3 is 11.8 Å². The van der Waals surface area contributed by atoms with Crippen molar-refractivity contribution in [3.8, 4) is 11.3 Å². The Morgan fingerprint density at radius 1 is 1.06 bits per heavy atom. The largest absolute Gasteiger partial charge is 0.342 e. The third-order valence-corrected chi connectivity index (χ3v) is 5.94. The van der Waals surface area contributed by atoms with Gasteiger partial charge in [-0.2, -0.15) is 0 Å². The molecule has 0 unspecified atom stereocenters. The van der Waals surface area contributed by atoms with Crippen molar-refractivity contribution in [3.05, 3.63) is 78.2 Å². The first-order valence-corrected chi connectivity index (χ1v) is 11.3. The van der Waals surface area contributed by atoms with Crippen LogP contribution in [0.1, 0.15) is 38.2 Å². The predicted molar refractivity (Wildman–Crippen MR) is 128 cm³/mol. The van der Waals surface area contributed by atoms with Crippen LogP contribution in [0.5, 0.6) is 0 Å². The third-order valence-electron chi connectivity index (χ3n) is 5.94. The van der Waals surface area contributed by atoms with Gasteiger partial charge in [0.05, 0.1) is 17.8 Å². The number of hydrogen-bond donors (Lipinski definition) is 2. The lowest BCUT2D eigenvalue weighted by molar-refractivity contribution is -0.153. The number of nitrogens with zero attached hydrogens (tertiary/aromatic N) is 3. The predicted octanol–water partition coefficient (Wildman–Crippen LogP) is 2.97. The molecule has 2 atom stereocenters. The molecule has 4 rings (SSSR count). The van der Waals surface area contributed by atoms with Crippen molar-refractivity contribution < 1.29 is 9.59 Å². The number of carbonyl (C=O) groups is 2. The monoisotopic (exact) mass is 445 g/mol. The minimum Gasteiger partial charge on any atom is -0.342 e. The Labute approximate surface area is 194 Å². The minimum atomic E-state index is -0.615. The quantitative estimate of drug-likeness (QED) is 0.571. The summed E-state index contributed by atoms with van der Waals surface area (Å²) in [6.07, 6.45) is 2.03. The maximum atomic E-state index is 13.0. The Hall–Kier alpha value is -3.45. The summed E-state index contributed by atoms with van der Waals surface area (Å²) in [5, 5.41) is 2.71. The number of carbonyl (C=O) groups excluding carboxylic acids is 2. The summed E-state index contributed by atoms with van der Waals surface area (Å²) in [6.45, 7) is 7.43. The molecule has 0 bridgehead atoms. The summed E-state index contributed by atoms with van der Waals surface area (Å²) in [5.74, 6) is -0.408. The highest BCUT2D eigenvalue weighted by Crippen LogP contribution is 2.39. The Morgan fingerprint density at radius 2 is 1.70 bits per heavy atom. The average molecular weight is 446 g/mol. The van der Waals surface area contributed by atoms with E-state index >= 15 is 0 Å². The standard InChI is InChI=1S/C26H31N5O2/c1-26(2,3)22(31-16-20(14-27)28-24(32)25(31)33)23-29-21(19-12-8-5-9-13-19)17-30(23)15-18-10-6-4-7-11-18/h4-13,17,20,22H,14-16,27H2,1-3H3,(H,28,32)/t20-,22+/m1/s1. The van der Waals surface area contributed by atoms with Crippen molar-refractivity contribution in [1.29, 1.82) is 0 Å². The van der Waals surface area contributed by atoms with E-state index in [1.54, 1.807) is 4.90 Å². The molecule has 0 saturated carbocycles. The van der Waals surface area contributed by atoms with Crippen LogP contribution in [-0.4, -0.2) is 45.4 Å². The van der Waals surface area contributed by atoms with Crippen LogP contribution >= 0.6 is 0 Å². The van der Waals surface area contributed by atoms with Gasteiger partial charge < -0.3 is 20.5 Å². The van der Waals surface area contributed by atoms with Crippen LogP contribution in [0.2, 0.25) is 0 Å². The SMILES string of the molecule is CC(C)(C)[C@H](c1nc(-c2ccccc2)cn1Cc1ccccc1)N1C[C@@H](CN)NC(=O)C1=O. The van der Waals surface area contributed by atoms with Gasteiger partial charge in [0.25, 0.3) is 0 Å². The van der Waals surface area contributed by atoms with Gasteiger partial charge in [0.2, 0.25) is 0 Å². The number of nitrogens with two attached hydrogens (primary N) is 1. The van der Waals surface area contributed by atoms with E-state index < -0.39 is 17.9 Å². The molecule has 3 N–H and O–H groups in total. The topological polar surface area (TPSA) is 93.2 Å². The molecular weight excluding hydrogens is 414 g/mol. The highest BCUT2D eigenvalue weighted by molar-refractivity contribution is 6.35. The molecule has 2 heterocycles. The van der Waals surface area contributed by atoms with Gasteiger partial charge in [-0.25, -0.2) is 4.98 Å². The number of benzene rings is 2. The fourth-order valence-electron chi connectivity index (χ4n) is 4.40. The van der Waals surface area contributed by atoms with Crippen LogP contribution in [0.3, 0.4) is 0 Å². The van der Waals surface area contributed by atoms with E-state index in [1.807, 2.05) is 54.7 Å². The smallest absolute Gasteiger partial charge is 0.312 e. The zero-order chi connectivity index (χ0) is 23.6. The van der Waals surface area contributed by atoms with E-state index in [0.717, 1.165) is 22.6 Å². The Bertz CT molecular complexity index is 1120. The first-order valence-electron chi connectivity index (χ1n) is 11.3. The van der Waals surface area contributed by atoms with E-state index in [1.165, 1.54) is 0 Å². The summed E-state index contributed by atoms with van der Waals surface area (Å²) < 4.78 is 2.10. The molecule has 7 heteroatoms. The molecule has 1 fully saturated rings. The summed E-state index contributed by atoms with van der Waals surface area (Å²) in [7, 11) is 0. The molecule has 1 aliphatic heterocycles. The van der Waals surface area contributed by atoms with E-state index in [0.29, 0.717) is 13.1 Å². The van der Waals surface area contributed by atoms with Crippen LogP contribution in [0.15, 0.2) is 66.9 Å². The third kappa shape index (κ3) is 4.83. The summed E-state index contributed by atoms with van der Waals surface area (Å²) in [4.78, 5) is 32.2. The lowest BCUT2D eigenvalue weighted by Gasteiger charge is -2.43. The molecule has 0 spiro atoms. The second-order valence-electron chi connectivity index (χ2n) is 9.60. The molecule has 0 radical (unpaired) electrons. The summed E-state index contributed by atoms with van der Waals surface area (Å²) in [6, 6.07) is 19.4. The molecule has 33 heavy (non-hydrogen) atoms. The number of imidazole rings is 1. The second-order valence-corrected chi connectivity index (χ2v) is 9.60. The van der Waals surface area contributed by atoms with E-state index in [2.05, 4.69) is 42.8 Å². The minimum absolute atomic E-state index is 0.264. The van der Waals surface area contributed by atoms with Crippen molar-refractivity contribution in [3.63, 3.8) is 0 Å². The summed E-state index contributed by atoms with van der Waals surface area (Å²) in [5.41, 5.74) is 8.45. The van der Waals surface area contributed by atoms with Gasteiger partial charge in [-0.15, -0.1) is 0 Å². The number of aromatic nitrogens is 2. The van der Waals surface area contributed by atoms with Gasteiger partial charge in [0.15, 0.2) is 0 Å². The maximum absolute atomic E-state index is 13.0. The van der Waals surface area contributed by atoms with E-state index in [-0.39, 0.29) is 18.0 Å². The number of hydrogen-bond acceptors (Lipinski definition) is 4. The van der Waals surface area contributed by atoms with Crippen LogP contribution < -0.4 is 11.1 Å². The van der Waals surface area contributed by atoms with Crippen molar-refractivity contribution in [1.82, 2.24) is 19.8 Å². The van der Waals surface area contributed by atoms with Crippen LogP contribution in [0.4, 0.5) is 0 Å². The lowest BCUT2D eigenvalue weighted by Crippen LogP contribution is -2.61. The second kappa shape index (κ2) is 9.19. The van der Waals surface area contributed by atoms with Gasteiger partial charge in [-0.1, -0.05) is 81.4 Å². The van der Waals surface area contributed by atoms with E-state index in [9.17, 15) is 9.59 Å². The van der Waals surface area contributed by atoms with Gasteiger partial charge in [0, 0.05) is 31.4 Å². The molecule has 7 nitrogen and oxygen atoms in total. The van der Waals surface area contributed by atoms with Gasteiger partial charge in [0.1, 0.15) is 5.82 Å². The zero-order valence-corrected chi connectivity index (χ0v) is 19.4. The normalized spacial score (nSPS) is 17.7. The molecule has 2 aromatic carbocycles. The maximum Gasteiger partial charge on any atom is 0.312 e. The van der Waals surface area contributed by atoms with Crippen LogP contribution in [-0.2, 0) is 16.1 Å². The van der Waals surface area contributed by atoms with Crippen molar-refractivity contribution in [2.45, 2.75) is 39.4 Å². The van der Waals surface area contributed by atoms with E-state index in [4.69, 9.17) is 10.7 Å². The van der Waals surface area contributed by atoms with Gasteiger partial charge in [-0.3, -0.25) is 9.59 Å². The molecule has 1 aromatic heterocycles. The number of nitrogens with one attached hydrogen (secondary N) is 1. The Balaban J connectivity index is 1.84. The van der Waals surface area contributed by atoms with Gasteiger partial charge in [-0.05, 0) is 11.0 Å². The van der Waals surface area contributed by atoms with Crippen molar-refractivity contribution in [2.24, 2.45) is 11.1 Å². The molecule has 1 saturated heterocycles. The molecule has 2 amide bonds. The average Bonchev–Trinajstić information content (AvgIpc) is 3.20. The highest BCUT2D eigenvalue weighted by atomic mass is 16.2. The van der Waals surface area contributed by atoms with Crippen LogP contribution in [0, 0.1) is 5.41 Å². The summed E-state index contributed by atoms with van der Waals surface area (Å²) >= 11 is 0. The first kappa shape index (κ1) is 22.7. The Kier molecular flexibility index (Phi) is 6.33. The van der Waals surface area contributed by atoms with Crippen LogP contribution in [0.25, 0.3) is 11.3 Å². The molecule has 172 valence electrons. The fraction of sp³-hybridized carbons (Fsp3) is 0.346. The first-order chi connectivity index (χ1) is 15.8.